The average Bonchev–Trinajstić information content (AvgIpc) is 2.70. The van der Waals surface area contributed by atoms with Crippen molar-refractivity contribution in [1.29, 1.82) is 0 Å². The van der Waals surface area contributed by atoms with Crippen LogP contribution in [0.2, 0.25) is 0 Å². The Kier molecular flexibility index (Phi) is 6.89. The van der Waals surface area contributed by atoms with Crippen molar-refractivity contribution in [2.75, 3.05) is 0 Å². The van der Waals surface area contributed by atoms with Gasteiger partial charge in [0.1, 0.15) is 0 Å². The van der Waals surface area contributed by atoms with Gasteiger partial charge in [0, 0.05) is 5.41 Å². The third kappa shape index (κ3) is 4.22. The van der Waals surface area contributed by atoms with Gasteiger partial charge < -0.3 is 0 Å². The van der Waals surface area contributed by atoms with E-state index in [-0.39, 0.29) is 0 Å². The molecule has 2 aromatic rings. The molecular formula is C28H38. The molecule has 2 fully saturated rings. The molecule has 28 heavy (non-hydrogen) atoms. The summed E-state index contributed by atoms with van der Waals surface area (Å²) in [6.45, 7) is 0. The Balaban J connectivity index is 1.83. The van der Waals surface area contributed by atoms with Gasteiger partial charge in [-0.05, 0) is 48.6 Å². The largest absolute Gasteiger partial charge is 0.0622 e. The fourth-order valence-electron chi connectivity index (χ4n) is 6.49. The van der Waals surface area contributed by atoms with Crippen LogP contribution in [0, 0.1) is 5.92 Å². The molecule has 0 heterocycles. The van der Waals surface area contributed by atoms with Crippen LogP contribution < -0.4 is 0 Å². The quantitative estimate of drug-likeness (QED) is 0.505. The molecule has 0 heteroatoms. The van der Waals surface area contributed by atoms with E-state index in [0.717, 1.165) is 5.92 Å². The lowest BCUT2D eigenvalue weighted by molar-refractivity contribution is 0.145. The molecule has 0 bridgehead atoms. The van der Waals surface area contributed by atoms with Crippen molar-refractivity contribution in [2.24, 2.45) is 5.92 Å². The molecule has 2 atom stereocenters. The third-order valence-corrected chi connectivity index (χ3v) is 7.80. The van der Waals surface area contributed by atoms with Crippen LogP contribution in [0.15, 0.2) is 60.7 Å². The van der Waals surface area contributed by atoms with Crippen LogP contribution in [0.3, 0.4) is 0 Å². The van der Waals surface area contributed by atoms with Crippen molar-refractivity contribution < 1.29 is 0 Å². The molecule has 0 aliphatic heterocycles. The molecule has 2 aliphatic carbocycles. The van der Waals surface area contributed by atoms with Crippen LogP contribution in [-0.4, -0.2) is 0 Å². The number of benzene rings is 2. The van der Waals surface area contributed by atoms with Crippen LogP contribution in [0.1, 0.15) is 101 Å². The van der Waals surface area contributed by atoms with E-state index in [0.29, 0.717) is 11.3 Å². The van der Waals surface area contributed by atoms with Crippen LogP contribution in [0.4, 0.5) is 0 Å². The second-order valence-corrected chi connectivity index (χ2v) is 9.36. The molecule has 150 valence electrons. The normalized spacial score (nSPS) is 27.9. The molecule has 0 amide bonds. The fraction of sp³-hybridized carbons (Fsp3) is 0.571. The number of rotatable bonds is 3. The second kappa shape index (κ2) is 9.77. The standard InChI is InChI=1S/C28H38/c1-2-10-18-25(19-11-3-1)28(26-20-12-7-13-21-26)23-15-5-4-14-22-27(28)24-16-8-6-9-17-24/h6-9,12-13,16-17,20-21,25,27H,1-5,10-11,14-15,18-19,22-23H2. The van der Waals surface area contributed by atoms with Gasteiger partial charge in [-0.2, -0.15) is 0 Å². The van der Waals surface area contributed by atoms with Gasteiger partial charge in [0.2, 0.25) is 0 Å². The van der Waals surface area contributed by atoms with Gasteiger partial charge in [-0.1, -0.05) is 118 Å². The van der Waals surface area contributed by atoms with Crippen molar-refractivity contribution >= 4 is 0 Å². The van der Waals surface area contributed by atoms with Crippen molar-refractivity contribution in [3.8, 4) is 0 Å². The van der Waals surface area contributed by atoms with Crippen LogP contribution in [0.5, 0.6) is 0 Å². The highest BCUT2D eigenvalue weighted by atomic mass is 14.5. The molecule has 0 aromatic heterocycles. The summed E-state index contributed by atoms with van der Waals surface area (Å²) in [6.07, 6.45) is 18.4. The van der Waals surface area contributed by atoms with Crippen LogP contribution in [-0.2, 0) is 5.41 Å². The first-order chi connectivity index (χ1) is 13.9. The van der Waals surface area contributed by atoms with E-state index < -0.39 is 0 Å². The van der Waals surface area contributed by atoms with E-state index in [1.807, 2.05) is 0 Å². The molecule has 0 saturated heterocycles. The van der Waals surface area contributed by atoms with Gasteiger partial charge in [0.15, 0.2) is 0 Å². The summed E-state index contributed by atoms with van der Waals surface area (Å²) >= 11 is 0. The zero-order valence-electron chi connectivity index (χ0n) is 17.6. The van der Waals surface area contributed by atoms with E-state index in [4.69, 9.17) is 0 Å². The smallest absolute Gasteiger partial charge is 0.00498 e. The zero-order valence-corrected chi connectivity index (χ0v) is 17.6. The Hall–Kier alpha value is -1.56. The topological polar surface area (TPSA) is 0 Å². The minimum absolute atomic E-state index is 0.320. The Morgan fingerprint density at radius 1 is 0.536 bits per heavy atom. The lowest BCUT2D eigenvalue weighted by atomic mass is 9.54. The minimum atomic E-state index is 0.320. The molecule has 2 aromatic carbocycles. The molecule has 0 N–H and O–H groups in total. The number of hydrogen-bond acceptors (Lipinski definition) is 0. The lowest BCUT2D eigenvalue weighted by Crippen LogP contribution is -2.42. The van der Waals surface area contributed by atoms with Crippen molar-refractivity contribution in [1.82, 2.24) is 0 Å². The van der Waals surface area contributed by atoms with E-state index in [1.54, 1.807) is 11.1 Å². The van der Waals surface area contributed by atoms with Crippen molar-refractivity contribution in [3.63, 3.8) is 0 Å². The van der Waals surface area contributed by atoms with E-state index in [9.17, 15) is 0 Å². The maximum Gasteiger partial charge on any atom is 0.00498 e. The van der Waals surface area contributed by atoms with Gasteiger partial charge in [-0.15, -0.1) is 0 Å². The highest BCUT2D eigenvalue weighted by Gasteiger charge is 2.46. The molecule has 0 spiro atoms. The van der Waals surface area contributed by atoms with Crippen LogP contribution in [0.25, 0.3) is 0 Å². The predicted octanol–water partition coefficient (Wildman–Crippen LogP) is 8.42. The van der Waals surface area contributed by atoms with Gasteiger partial charge >= 0.3 is 0 Å². The van der Waals surface area contributed by atoms with Crippen molar-refractivity contribution in [2.45, 2.75) is 94.8 Å². The summed E-state index contributed by atoms with van der Waals surface area (Å²) in [5.74, 6) is 1.50. The summed E-state index contributed by atoms with van der Waals surface area (Å²) < 4.78 is 0. The maximum absolute atomic E-state index is 2.47. The molecule has 2 saturated carbocycles. The minimum Gasteiger partial charge on any atom is -0.0622 e. The first-order valence-corrected chi connectivity index (χ1v) is 12.0. The Morgan fingerprint density at radius 2 is 1.07 bits per heavy atom. The van der Waals surface area contributed by atoms with E-state index >= 15 is 0 Å². The molecule has 4 rings (SSSR count). The first kappa shape index (κ1) is 19.7. The summed E-state index contributed by atoms with van der Waals surface area (Å²) in [5, 5.41) is 0. The van der Waals surface area contributed by atoms with Gasteiger partial charge in [-0.3, -0.25) is 0 Å². The Labute approximate surface area is 172 Å². The molecule has 0 nitrogen and oxygen atoms in total. The molecule has 2 aliphatic rings. The lowest BCUT2D eigenvalue weighted by Gasteiger charge is -2.49. The summed E-state index contributed by atoms with van der Waals surface area (Å²) in [7, 11) is 0. The van der Waals surface area contributed by atoms with Gasteiger partial charge in [0.05, 0.1) is 0 Å². The van der Waals surface area contributed by atoms with Crippen LogP contribution >= 0.6 is 0 Å². The van der Waals surface area contributed by atoms with E-state index in [1.165, 1.54) is 83.5 Å². The Morgan fingerprint density at radius 3 is 1.75 bits per heavy atom. The second-order valence-electron chi connectivity index (χ2n) is 9.36. The first-order valence-electron chi connectivity index (χ1n) is 12.0. The highest BCUT2D eigenvalue weighted by molar-refractivity contribution is 5.35. The predicted molar refractivity (Wildman–Crippen MR) is 121 cm³/mol. The van der Waals surface area contributed by atoms with E-state index in [2.05, 4.69) is 60.7 Å². The summed E-state index contributed by atoms with van der Waals surface area (Å²) in [5.41, 5.74) is 3.55. The van der Waals surface area contributed by atoms with Gasteiger partial charge in [-0.25, -0.2) is 0 Å². The van der Waals surface area contributed by atoms with Gasteiger partial charge in [0.25, 0.3) is 0 Å². The maximum atomic E-state index is 2.47. The number of hydrogen-bond donors (Lipinski definition) is 0. The monoisotopic (exact) mass is 374 g/mol. The van der Waals surface area contributed by atoms with Crippen molar-refractivity contribution in [3.05, 3.63) is 71.8 Å². The Bertz CT molecular complexity index is 680. The highest BCUT2D eigenvalue weighted by Crippen LogP contribution is 2.54. The zero-order chi connectivity index (χ0) is 19.1. The SMILES string of the molecule is c1ccc(C2CCCCCCC2(c2ccccc2)C2CCCCCCC2)cc1. The molecule has 2 unspecified atom stereocenters. The molecular weight excluding hydrogens is 336 g/mol. The third-order valence-electron chi connectivity index (χ3n) is 7.80. The fourth-order valence-corrected chi connectivity index (χ4v) is 6.49. The summed E-state index contributed by atoms with van der Waals surface area (Å²) in [6, 6.07) is 23.3. The average molecular weight is 375 g/mol. The molecule has 0 radical (unpaired) electrons. The summed E-state index contributed by atoms with van der Waals surface area (Å²) in [4.78, 5) is 0.